The summed E-state index contributed by atoms with van der Waals surface area (Å²) in [6.45, 7) is 18.1. The molecule has 1 unspecified atom stereocenters. The molecule has 13 rings (SSSR count). The molecule has 5 aliphatic heterocycles. The highest BCUT2D eigenvalue weighted by Crippen LogP contribution is 2.52. The van der Waals surface area contributed by atoms with Gasteiger partial charge in [0, 0.05) is 56.5 Å². The maximum absolute atomic E-state index is 5.95. The predicted molar refractivity (Wildman–Crippen MR) is 283 cm³/mol. The van der Waals surface area contributed by atoms with Gasteiger partial charge < -0.3 is 4.90 Å². The number of amidine groups is 7. The Morgan fingerprint density at radius 2 is 0.735 bits per heavy atom. The molecule has 8 nitrogen and oxygen atoms in total. The van der Waals surface area contributed by atoms with Crippen LogP contribution in [0.1, 0.15) is 123 Å². The summed E-state index contributed by atoms with van der Waals surface area (Å²) in [5.41, 5.74) is 9.25. The highest BCUT2D eigenvalue weighted by Gasteiger charge is 2.49. The van der Waals surface area contributed by atoms with E-state index in [1.807, 2.05) is 0 Å². The van der Waals surface area contributed by atoms with Crippen LogP contribution in [0.4, 0.5) is 0 Å². The van der Waals surface area contributed by atoms with E-state index < -0.39 is 5.66 Å². The third kappa shape index (κ3) is 5.76. The molecule has 1 atom stereocenters. The highest BCUT2D eigenvalue weighted by molar-refractivity contribution is 6.35. The second-order valence-corrected chi connectivity index (χ2v) is 20.1. The van der Waals surface area contributed by atoms with E-state index in [-0.39, 0.29) is 23.8 Å². The van der Waals surface area contributed by atoms with Gasteiger partial charge in [-0.25, -0.2) is 34.9 Å². The zero-order chi connectivity index (χ0) is 46.3. The van der Waals surface area contributed by atoms with Crippen molar-refractivity contribution in [2.45, 2.75) is 78.9 Å². The molecular weight excluding hydrogens is 833 g/mol. The maximum atomic E-state index is 5.95. The molecule has 8 bridgehead atoms. The van der Waals surface area contributed by atoms with Crippen molar-refractivity contribution >= 4 is 83.9 Å². The van der Waals surface area contributed by atoms with E-state index in [4.69, 9.17) is 34.9 Å². The lowest BCUT2D eigenvalue weighted by Gasteiger charge is -2.33. The van der Waals surface area contributed by atoms with Gasteiger partial charge in [-0.3, -0.25) is 0 Å². The average Bonchev–Trinajstić information content (AvgIpc) is 4.05. The van der Waals surface area contributed by atoms with Gasteiger partial charge in [0.25, 0.3) is 0 Å². The number of hydrogen-bond donors (Lipinski definition) is 0. The molecule has 0 spiro atoms. The first-order valence-corrected chi connectivity index (χ1v) is 24.1. The zero-order valence-corrected chi connectivity index (χ0v) is 39.6. The monoisotopic (exact) mass is 882 g/mol. The Morgan fingerprint density at radius 3 is 1.18 bits per heavy atom. The topological polar surface area (TPSA) is 89.8 Å². The van der Waals surface area contributed by atoms with Gasteiger partial charge in [-0.15, -0.1) is 0 Å². The van der Waals surface area contributed by atoms with Crippen LogP contribution in [0, 0.1) is 5.92 Å². The average molecular weight is 883 g/mol. The Kier molecular flexibility index (Phi) is 8.73. The van der Waals surface area contributed by atoms with E-state index in [1.54, 1.807) is 0 Å². The van der Waals surface area contributed by atoms with Gasteiger partial charge in [-0.2, -0.15) is 0 Å². The number of nitrogens with zero attached hydrogens (tertiary/aromatic N) is 8. The minimum atomic E-state index is -1.10. The van der Waals surface area contributed by atoms with E-state index in [1.165, 1.54) is 21.9 Å². The van der Waals surface area contributed by atoms with Gasteiger partial charge in [0.2, 0.25) is 0 Å². The van der Waals surface area contributed by atoms with Gasteiger partial charge in [-0.1, -0.05) is 139 Å². The first-order valence-electron chi connectivity index (χ1n) is 24.1. The molecule has 0 fully saturated rings. The lowest BCUT2D eigenvalue weighted by molar-refractivity contribution is 0.340. The van der Waals surface area contributed by atoms with Crippen molar-refractivity contribution in [1.29, 1.82) is 0 Å². The first-order chi connectivity index (χ1) is 33.0. The smallest absolute Gasteiger partial charge is 0.183 e. The fourth-order valence-electron chi connectivity index (χ4n) is 11.4. The summed E-state index contributed by atoms with van der Waals surface area (Å²) >= 11 is 0. The van der Waals surface area contributed by atoms with Crippen molar-refractivity contribution in [3.8, 4) is 0 Å². The number of hydrogen-bond acceptors (Lipinski definition) is 8. The van der Waals surface area contributed by atoms with E-state index >= 15 is 0 Å². The minimum Gasteiger partial charge on any atom is -0.307 e. The van der Waals surface area contributed by atoms with E-state index in [9.17, 15) is 0 Å². The van der Waals surface area contributed by atoms with E-state index in [0.29, 0.717) is 29.2 Å². The lowest BCUT2D eigenvalue weighted by Crippen LogP contribution is -2.42. The Bertz CT molecular complexity index is 3820. The summed E-state index contributed by atoms with van der Waals surface area (Å²) < 4.78 is 0. The predicted octanol–water partition coefficient (Wildman–Crippen LogP) is 13.5. The molecular formula is C60H50N8. The van der Waals surface area contributed by atoms with Crippen LogP contribution in [-0.4, -0.2) is 51.8 Å². The third-order valence-electron chi connectivity index (χ3n) is 14.5. The van der Waals surface area contributed by atoms with Crippen molar-refractivity contribution in [3.63, 3.8) is 0 Å². The molecule has 330 valence electrons. The fourth-order valence-corrected chi connectivity index (χ4v) is 11.4. The normalized spacial score (nSPS) is 18.0. The Balaban J connectivity index is 1.21. The second kappa shape index (κ2) is 14.6. The van der Waals surface area contributed by atoms with E-state index in [2.05, 4.69) is 194 Å². The molecule has 0 saturated heterocycles. The summed E-state index contributed by atoms with van der Waals surface area (Å²) in [5.74, 6) is 4.81. The third-order valence-corrected chi connectivity index (χ3v) is 14.5. The van der Waals surface area contributed by atoms with Gasteiger partial charge in [0.15, 0.2) is 34.8 Å². The largest absolute Gasteiger partial charge is 0.307 e. The van der Waals surface area contributed by atoms with Gasteiger partial charge in [0.05, 0.1) is 0 Å². The molecule has 0 aromatic heterocycles. The fraction of sp³-hybridized carbons (Fsp3) is 0.217. The zero-order valence-electron chi connectivity index (χ0n) is 39.6. The Morgan fingerprint density at radius 1 is 0.382 bits per heavy atom. The van der Waals surface area contributed by atoms with Crippen LogP contribution >= 0.6 is 0 Å². The van der Waals surface area contributed by atoms with Crippen molar-refractivity contribution in [2.24, 2.45) is 40.9 Å². The Hall–Kier alpha value is -7.71. The van der Waals surface area contributed by atoms with Crippen molar-refractivity contribution in [1.82, 2.24) is 4.90 Å². The highest BCUT2D eigenvalue weighted by atomic mass is 15.3. The molecule has 0 aliphatic carbocycles. The summed E-state index contributed by atoms with van der Waals surface area (Å²) in [5, 5.41) is 9.16. The van der Waals surface area contributed by atoms with Crippen LogP contribution in [0.5, 0.6) is 0 Å². The van der Waals surface area contributed by atoms with Crippen LogP contribution < -0.4 is 0 Å². The van der Waals surface area contributed by atoms with Crippen molar-refractivity contribution < 1.29 is 0 Å². The molecule has 0 radical (unpaired) electrons. The molecule has 0 saturated carbocycles. The summed E-state index contributed by atoms with van der Waals surface area (Å²) in [7, 11) is 0. The number of aliphatic imine (C=N–C) groups is 7. The maximum Gasteiger partial charge on any atom is 0.183 e. The van der Waals surface area contributed by atoms with Crippen LogP contribution in [-0.2, 0) is 5.66 Å². The van der Waals surface area contributed by atoms with Crippen molar-refractivity contribution in [3.05, 3.63) is 189 Å². The van der Waals surface area contributed by atoms with Crippen LogP contribution in [0.2, 0.25) is 0 Å². The number of fused-ring (bicyclic) bond motifs is 20. The quantitative estimate of drug-likeness (QED) is 0.173. The summed E-state index contributed by atoms with van der Waals surface area (Å²) in [6, 6.07) is 47.8. The van der Waals surface area contributed by atoms with Crippen LogP contribution in [0.15, 0.2) is 168 Å². The van der Waals surface area contributed by atoms with Gasteiger partial charge in [0.1, 0.15) is 11.7 Å². The molecule has 0 amide bonds. The Labute approximate surface area is 396 Å². The van der Waals surface area contributed by atoms with E-state index in [0.717, 1.165) is 88.5 Å². The first kappa shape index (κ1) is 40.6. The minimum absolute atomic E-state index is 0.0518. The summed E-state index contributed by atoms with van der Waals surface area (Å²) in [6.07, 6.45) is 0. The molecule has 5 heterocycles. The van der Waals surface area contributed by atoms with Crippen molar-refractivity contribution in [2.75, 3.05) is 0 Å². The second-order valence-electron chi connectivity index (χ2n) is 20.1. The van der Waals surface area contributed by atoms with Gasteiger partial charge >= 0.3 is 0 Å². The molecule has 68 heavy (non-hydrogen) atoms. The van der Waals surface area contributed by atoms with Crippen LogP contribution in [0.3, 0.4) is 0 Å². The molecule has 5 aliphatic rings. The van der Waals surface area contributed by atoms with Crippen LogP contribution in [0.25, 0.3) is 43.1 Å². The number of rotatable bonds is 4. The molecule has 8 aromatic rings. The standard InChI is InChI=1S/C60H50N8/c1-31(2)49-41-23-15-16-24-42(41)50(32(3)4)52-51(49)57-63-55-46-28-38-20-12-14-22-40(38)30-48(46)59(65-55)68(34(7)8)58-47-29-39-21-13-11-19-37(39)27-45(47)54(64-58)61-53-43-25-35-17-9-10-18-36(35)26-44(43)56(62-53)66-60(52,67-57)33(5)6/h9-34H,1-8H3. The molecule has 8 heteroatoms. The molecule has 0 N–H and O–H groups in total. The number of benzene rings is 8. The van der Waals surface area contributed by atoms with Gasteiger partial charge in [-0.05, 0) is 116 Å². The lowest BCUT2D eigenvalue weighted by atomic mass is 9.76. The summed E-state index contributed by atoms with van der Waals surface area (Å²) in [4.78, 5) is 42.2. The molecule has 8 aromatic carbocycles. The SMILES string of the molecule is CC(C)c1c2c(c(C(C)C)c3ccccc13)C1(C(C)C)N=C3N=C(N=C4N=C(c5cc6ccccc6cc54)N(C(C)C)C4=NC(=NC2=N1)c1cc2ccccc2cc14)c1cc2ccccc2cc13.